The molecule has 35 heavy (non-hydrogen) atoms. The first kappa shape index (κ1) is 23.2. The quantitative estimate of drug-likeness (QED) is 0.228. The van der Waals surface area contributed by atoms with Crippen molar-refractivity contribution in [3.8, 4) is 17.6 Å². The number of fused-ring (bicyclic) bond motifs is 2. The molecule has 174 valence electrons. The number of carbonyl (C=O) groups is 1. The summed E-state index contributed by atoms with van der Waals surface area (Å²) in [5, 5.41) is 10.9. The minimum Gasteiger partial charge on any atom is -0.440 e. The molecule has 0 fully saturated rings. The lowest BCUT2D eigenvalue weighted by atomic mass is 9.83. The molecule has 3 aromatic carbocycles. The summed E-state index contributed by atoms with van der Waals surface area (Å²) in [5.41, 5.74) is 7.64. The predicted octanol–water partition coefficient (Wildman–Crippen LogP) is 7.09. The number of nitrogens with two attached hydrogens (primary N) is 1. The second-order valence-electron chi connectivity index (χ2n) is 7.89. The molecule has 2 N–H and O–H groups in total. The van der Waals surface area contributed by atoms with Crippen molar-refractivity contribution in [2.75, 3.05) is 0 Å². The molecule has 1 unspecified atom stereocenters. The Bertz CT molecular complexity index is 1590. The molecule has 5 rings (SSSR count). The van der Waals surface area contributed by atoms with E-state index >= 15 is 0 Å². The smallest absolute Gasteiger partial charge is 0.355 e. The molecule has 5 nitrogen and oxygen atoms in total. The van der Waals surface area contributed by atoms with Gasteiger partial charge in [-0.1, -0.05) is 47.5 Å². The van der Waals surface area contributed by atoms with Crippen molar-refractivity contribution in [1.29, 1.82) is 5.26 Å². The summed E-state index contributed by atoms with van der Waals surface area (Å²) in [6.45, 7) is 1.96. The molecule has 0 aliphatic carbocycles. The molecule has 0 radical (unpaired) electrons. The van der Waals surface area contributed by atoms with E-state index in [1.54, 1.807) is 6.07 Å². The fourth-order valence-corrected chi connectivity index (χ4v) is 5.79. The van der Waals surface area contributed by atoms with Crippen LogP contribution in [0.25, 0.3) is 10.1 Å². The molecule has 2 heterocycles. The normalized spacial score (nSPS) is 14.9. The van der Waals surface area contributed by atoms with E-state index in [1.807, 2.05) is 31.2 Å². The van der Waals surface area contributed by atoms with Gasteiger partial charge in [0.05, 0.1) is 10.9 Å². The monoisotopic (exact) mass is 524 g/mol. The second kappa shape index (κ2) is 8.90. The number of aryl methyl sites for hydroxylation is 1. The SMILES string of the molecule is Cc1ccc2c(Cl)c(C(=O)Oc3ccc4c(c3)OC(N)=C(C#N)C4c3c(F)cccc3Cl)sc2c1. The Kier molecular flexibility index (Phi) is 5.89. The topological polar surface area (TPSA) is 85.3 Å². The first-order valence-corrected chi connectivity index (χ1v) is 11.9. The summed E-state index contributed by atoms with van der Waals surface area (Å²) in [7, 11) is 0. The summed E-state index contributed by atoms with van der Waals surface area (Å²) in [6.07, 6.45) is 0. The molecule has 0 saturated heterocycles. The molecule has 4 aromatic rings. The molecule has 1 aliphatic rings. The fraction of sp³-hybridized carbons (Fsp3) is 0.0769. The van der Waals surface area contributed by atoms with E-state index in [-0.39, 0.29) is 38.4 Å². The van der Waals surface area contributed by atoms with Crippen molar-refractivity contribution in [3.05, 3.63) is 103 Å². The lowest BCUT2D eigenvalue weighted by molar-refractivity contribution is 0.0740. The predicted molar refractivity (Wildman–Crippen MR) is 134 cm³/mol. The lowest BCUT2D eigenvalue weighted by Crippen LogP contribution is -2.22. The second-order valence-corrected chi connectivity index (χ2v) is 9.73. The van der Waals surface area contributed by atoms with Crippen LogP contribution in [0.3, 0.4) is 0 Å². The number of carbonyl (C=O) groups excluding carboxylic acids is 1. The average Bonchev–Trinajstić information content (AvgIpc) is 3.14. The van der Waals surface area contributed by atoms with Gasteiger partial charge in [-0.2, -0.15) is 5.26 Å². The van der Waals surface area contributed by atoms with Gasteiger partial charge in [0, 0.05) is 32.3 Å². The highest BCUT2D eigenvalue weighted by molar-refractivity contribution is 7.21. The van der Waals surface area contributed by atoms with Gasteiger partial charge < -0.3 is 15.2 Å². The zero-order chi connectivity index (χ0) is 24.9. The molecule has 1 atom stereocenters. The molecule has 0 saturated carbocycles. The van der Waals surface area contributed by atoms with E-state index in [0.717, 1.165) is 15.6 Å². The highest BCUT2D eigenvalue weighted by Gasteiger charge is 2.34. The van der Waals surface area contributed by atoms with Crippen molar-refractivity contribution < 1.29 is 18.7 Å². The van der Waals surface area contributed by atoms with Gasteiger partial charge in [-0.05, 0) is 36.8 Å². The van der Waals surface area contributed by atoms with Crippen LogP contribution in [-0.4, -0.2) is 5.97 Å². The van der Waals surface area contributed by atoms with Crippen LogP contribution in [0.15, 0.2) is 66.1 Å². The number of nitriles is 1. The third-order valence-electron chi connectivity index (χ3n) is 5.66. The Labute approximate surface area is 213 Å². The maximum absolute atomic E-state index is 14.8. The third-order valence-corrected chi connectivity index (χ3v) is 7.63. The largest absolute Gasteiger partial charge is 0.440 e. The summed E-state index contributed by atoms with van der Waals surface area (Å²) in [5.74, 6) is -1.89. The van der Waals surface area contributed by atoms with Crippen molar-refractivity contribution in [2.45, 2.75) is 12.8 Å². The Morgan fingerprint density at radius 1 is 1.20 bits per heavy atom. The molecule has 1 aromatic heterocycles. The number of benzene rings is 3. The van der Waals surface area contributed by atoms with Crippen LogP contribution in [0.5, 0.6) is 11.5 Å². The first-order chi connectivity index (χ1) is 16.8. The highest BCUT2D eigenvalue weighted by Crippen LogP contribution is 2.46. The van der Waals surface area contributed by atoms with Crippen molar-refractivity contribution in [2.24, 2.45) is 5.73 Å². The number of halogens is 3. The van der Waals surface area contributed by atoms with Crippen LogP contribution in [0.1, 0.15) is 32.3 Å². The van der Waals surface area contributed by atoms with Gasteiger partial charge in [0.2, 0.25) is 5.88 Å². The number of hydrogen-bond acceptors (Lipinski definition) is 6. The molecule has 0 amide bonds. The number of nitrogens with zero attached hydrogens (tertiary/aromatic N) is 1. The molecule has 0 bridgehead atoms. The van der Waals surface area contributed by atoms with E-state index in [1.165, 1.54) is 41.7 Å². The van der Waals surface area contributed by atoms with Crippen LogP contribution < -0.4 is 15.2 Å². The summed E-state index contributed by atoms with van der Waals surface area (Å²) in [4.78, 5) is 13.2. The van der Waals surface area contributed by atoms with Gasteiger partial charge in [0.15, 0.2) is 0 Å². The Hall–Kier alpha value is -3.57. The van der Waals surface area contributed by atoms with Gasteiger partial charge in [-0.15, -0.1) is 11.3 Å². The van der Waals surface area contributed by atoms with Crippen LogP contribution in [0, 0.1) is 24.1 Å². The van der Waals surface area contributed by atoms with Crippen molar-refractivity contribution in [3.63, 3.8) is 0 Å². The molecular weight excluding hydrogens is 510 g/mol. The first-order valence-electron chi connectivity index (χ1n) is 10.3. The van der Waals surface area contributed by atoms with Crippen molar-refractivity contribution in [1.82, 2.24) is 0 Å². The van der Waals surface area contributed by atoms with E-state index in [2.05, 4.69) is 0 Å². The Morgan fingerprint density at radius 2 is 2.00 bits per heavy atom. The van der Waals surface area contributed by atoms with Crippen LogP contribution >= 0.6 is 34.5 Å². The lowest BCUT2D eigenvalue weighted by Gasteiger charge is -2.27. The standard InChI is InChI=1S/C26H15Cl2FN2O3S/c1-12-5-7-15-20(9-12)35-24(23(15)28)26(32)33-13-6-8-14-19(10-13)34-25(31)16(11-30)21(14)22-17(27)3-2-4-18(22)29/h2-10,21H,31H2,1H3. The van der Waals surface area contributed by atoms with E-state index in [9.17, 15) is 14.4 Å². The Morgan fingerprint density at radius 3 is 2.74 bits per heavy atom. The maximum atomic E-state index is 14.8. The number of allylic oxidation sites excluding steroid dienone is 1. The number of rotatable bonds is 3. The minimum absolute atomic E-state index is 0.0293. The van der Waals surface area contributed by atoms with Crippen LogP contribution in [-0.2, 0) is 0 Å². The third kappa shape index (κ3) is 4.00. The molecule has 9 heteroatoms. The summed E-state index contributed by atoms with van der Waals surface area (Å²) in [6, 6.07) is 16.6. The van der Waals surface area contributed by atoms with Gasteiger partial charge >= 0.3 is 5.97 Å². The van der Waals surface area contributed by atoms with E-state index in [4.69, 9.17) is 38.4 Å². The van der Waals surface area contributed by atoms with Crippen molar-refractivity contribution >= 4 is 50.6 Å². The average molecular weight is 525 g/mol. The molecular formula is C26H15Cl2FN2O3S. The van der Waals surface area contributed by atoms with Crippen LogP contribution in [0.2, 0.25) is 10.0 Å². The number of thiophene rings is 1. The van der Waals surface area contributed by atoms with Crippen LogP contribution in [0.4, 0.5) is 4.39 Å². The number of ether oxygens (including phenoxy) is 2. The Balaban J connectivity index is 1.52. The van der Waals surface area contributed by atoms with E-state index < -0.39 is 17.7 Å². The zero-order valence-corrected chi connectivity index (χ0v) is 20.4. The molecule has 1 aliphatic heterocycles. The molecule has 0 spiro atoms. The highest BCUT2D eigenvalue weighted by atomic mass is 35.5. The van der Waals surface area contributed by atoms with E-state index in [0.29, 0.717) is 10.6 Å². The summed E-state index contributed by atoms with van der Waals surface area (Å²) >= 11 is 14.0. The van der Waals surface area contributed by atoms with Gasteiger partial charge in [0.25, 0.3) is 0 Å². The van der Waals surface area contributed by atoms with Gasteiger partial charge in [0.1, 0.15) is 33.8 Å². The summed E-state index contributed by atoms with van der Waals surface area (Å²) < 4.78 is 26.9. The maximum Gasteiger partial charge on any atom is 0.355 e. The van der Waals surface area contributed by atoms with Gasteiger partial charge in [-0.3, -0.25) is 0 Å². The zero-order valence-electron chi connectivity index (χ0n) is 18.1. The minimum atomic E-state index is -0.887. The number of hydrogen-bond donors (Lipinski definition) is 1. The fourth-order valence-electron chi connectivity index (χ4n) is 4.04. The number of esters is 1. The van der Waals surface area contributed by atoms with Gasteiger partial charge in [-0.25, -0.2) is 9.18 Å².